The van der Waals surface area contributed by atoms with Gasteiger partial charge in [-0.2, -0.15) is 0 Å². The van der Waals surface area contributed by atoms with E-state index >= 15 is 0 Å². The average Bonchev–Trinajstić information content (AvgIpc) is 3.36. The highest BCUT2D eigenvalue weighted by molar-refractivity contribution is 7.49. The predicted molar refractivity (Wildman–Crippen MR) is 118 cm³/mol. The molecule has 1 amide bonds. The van der Waals surface area contributed by atoms with Crippen LogP contribution in [0.3, 0.4) is 0 Å². The van der Waals surface area contributed by atoms with E-state index in [9.17, 15) is 29.4 Å². The number of benzene rings is 1. The van der Waals surface area contributed by atoms with Crippen molar-refractivity contribution < 1.29 is 34.1 Å². The maximum atomic E-state index is 12.9. The van der Waals surface area contributed by atoms with Crippen molar-refractivity contribution in [1.82, 2.24) is 24.2 Å². The topological polar surface area (TPSA) is 223 Å². The molecule has 15 heteroatoms. The number of phenols is 1. The molecule has 3 aromatic rings. The average molecular weight is 493 g/mol. The fraction of sp³-hybridized carbons (Fsp3) is 0.368. The van der Waals surface area contributed by atoms with Crippen LogP contribution in [0.5, 0.6) is 5.75 Å². The second-order valence-electron chi connectivity index (χ2n) is 7.93. The first kappa shape index (κ1) is 24.0. The van der Waals surface area contributed by atoms with E-state index in [2.05, 4.69) is 15.0 Å². The van der Waals surface area contributed by atoms with Crippen LogP contribution in [0.1, 0.15) is 18.2 Å². The van der Waals surface area contributed by atoms with E-state index in [1.165, 1.54) is 29.4 Å². The second kappa shape index (κ2) is 9.25. The summed E-state index contributed by atoms with van der Waals surface area (Å²) in [4.78, 5) is 44.6. The number of imidazole rings is 1. The summed E-state index contributed by atoms with van der Waals surface area (Å²) in [6.07, 6.45) is -0.316. The lowest BCUT2D eigenvalue weighted by Crippen LogP contribution is -2.47. The molecule has 0 bridgehead atoms. The van der Waals surface area contributed by atoms with Gasteiger partial charge in [-0.3, -0.25) is 9.36 Å². The molecule has 0 saturated carbocycles. The van der Waals surface area contributed by atoms with E-state index in [1.54, 1.807) is 12.1 Å². The molecule has 3 heterocycles. The summed E-state index contributed by atoms with van der Waals surface area (Å²) in [5.41, 5.74) is 13.0. The number of aliphatic hydroxyl groups excluding tert-OH is 1. The summed E-state index contributed by atoms with van der Waals surface area (Å²) >= 11 is 0. The Morgan fingerprint density at radius 2 is 1.97 bits per heavy atom. The molecular formula is C19H24N7O7P. The summed E-state index contributed by atoms with van der Waals surface area (Å²) in [6.45, 7) is -0.589. The Labute approximate surface area is 193 Å². The van der Waals surface area contributed by atoms with Crippen molar-refractivity contribution in [3.63, 3.8) is 0 Å². The number of nitrogen functional groups attached to an aromatic ring is 1. The third-order valence-corrected chi connectivity index (χ3v) is 6.52. The van der Waals surface area contributed by atoms with Crippen LogP contribution in [0.4, 0.5) is 5.82 Å². The Hall–Kier alpha value is -3.13. The highest BCUT2D eigenvalue weighted by Crippen LogP contribution is 2.42. The van der Waals surface area contributed by atoms with Gasteiger partial charge >= 0.3 is 7.75 Å². The van der Waals surface area contributed by atoms with E-state index in [0.29, 0.717) is 21.4 Å². The van der Waals surface area contributed by atoms with Gasteiger partial charge in [-0.05, 0) is 24.1 Å². The highest BCUT2D eigenvalue weighted by Gasteiger charge is 2.42. The fourth-order valence-corrected chi connectivity index (χ4v) is 4.57. The molecule has 1 aliphatic heterocycles. The van der Waals surface area contributed by atoms with Crippen molar-refractivity contribution in [3.8, 4) is 5.75 Å². The number of rotatable bonds is 7. The Balaban J connectivity index is 1.49. The molecule has 4 atom stereocenters. The van der Waals surface area contributed by atoms with Gasteiger partial charge in [-0.15, -0.1) is 0 Å². The SMILES string of the molecule is Nc1ncnc2c1ncn2[C@H]1CC(O)[C@@H](CN(C(=O)[C@@H](N)Cc2ccc(O)cc2)P(=O)(O)O)O1. The number of phenolic OH excluding ortho intramolecular Hbond substituents is 1. The minimum atomic E-state index is -5.09. The number of nitrogens with zero attached hydrogens (tertiary/aromatic N) is 5. The second-order valence-corrected chi connectivity index (χ2v) is 9.44. The van der Waals surface area contributed by atoms with Crippen molar-refractivity contribution >= 4 is 30.6 Å². The minimum absolute atomic E-state index is 0.0194. The van der Waals surface area contributed by atoms with Crippen LogP contribution in [0.2, 0.25) is 0 Å². The molecule has 14 nitrogen and oxygen atoms in total. The molecule has 1 aliphatic rings. The molecule has 1 unspecified atom stereocenters. The number of aromatic hydroxyl groups is 1. The number of ether oxygens (including phenoxy) is 1. The maximum Gasteiger partial charge on any atom is 0.432 e. The van der Waals surface area contributed by atoms with Gasteiger partial charge in [0, 0.05) is 6.42 Å². The number of hydrogen-bond donors (Lipinski definition) is 6. The highest BCUT2D eigenvalue weighted by atomic mass is 31.2. The summed E-state index contributed by atoms with van der Waals surface area (Å²) in [5.74, 6) is -0.809. The molecule has 1 aromatic carbocycles. The summed E-state index contributed by atoms with van der Waals surface area (Å²) in [6, 6.07) is 4.64. The van der Waals surface area contributed by atoms with Crippen LogP contribution < -0.4 is 11.5 Å². The third kappa shape index (κ3) is 4.87. The van der Waals surface area contributed by atoms with Crippen LogP contribution in [0.15, 0.2) is 36.9 Å². The van der Waals surface area contributed by atoms with Crippen molar-refractivity contribution in [3.05, 3.63) is 42.5 Å². The summed E-state index contributed by atoms with van der Waals surface area (Å²) < 4.78 is 19.8. The molecule has 1 fully saturated rings. The molecule has 182 valence electrons. The van der Waals surface area contributed by atoms with Gasteiger partial charge in [0.05, 0.1) is 25.0 Å². The van der Waals surface area contributed by atoms with Crippen LogP contribution in [-0.2, 0) is 20.5 Å². The Morgan fingerprint density at radius 1 is 1.26 bits per heavy atom. The number of amides is 1. The number of anilines is 1. The zero-order chi connectivity index (χ0) is 24.6. The first-order chi connectivity index (χ1) is 16.0. The molecule has 8 N–H and O–H groups in total. The van der Waals surface area contributed by atoms with Gasteiger partial charge in [0.15, 0.2) is 11.5 Å². The minimum Gasteiger partial charge on any atom is -0.508 e. The van der Waals surface area contributed by atoms with Crippen molar-refractivity contribution in [1.29, 1.82) is 0 Å². The van der Waals surface area contributed by atoms with Crippen LogP contribution >= 0.6 is 7.75 Å². The first-order valence-electron chi connectivity index (χ1n) is 10.2. The zero-order valence-electron chi connectivity index (χ0n) is 17.7. The van der Waals surface area contributed by atoms with E-state index < -0.39 is 44.7 Å². The predicted octanol–water partition coefficient (Wildman–Crippen LogP) is -0.746. The standard InChI is InChI=1S/C19H24N7O7P/c20-12(5-10-1-3-11(27)4-2-10)19(29)26(34(30,31)32)7-14-13(28)6-15(33-14)25-9-24-16-17(21)22-8-23-18(16)25/h1-4,8-9,12-15,27-28H,5-7,20H2,(H2,21,22,23)(H2,30,31,32)/t12-,13?,14+,15+/m0/s1. The monoisotopic (exact) mass is 493 g/mol. The van der Waals surface area contributed by atoms with Crippen LogP contribution in [0.25, 0.3) is 11.2 Å². The Bertz CT molecular complexity index is 1230. The zero-order valence-corrected chi connectivity index (χ0v) is 18.6. The molecule has 0 radical (unpaired) electrons. The van der Waals surface area contributed by atoms with E-state index in [-0.39, 0.29) is 24.4 Å². The van der Waals surface area contributed by atoms with Crippen LogP contribution in [0, 0.1) is 0 Å². The van der Waals surface area contributed by atoms with Gasteiger partial charge in [0.1, 0.15) is 29.9 Å². The number of hydrogen-bond acceptors (Lipinski definition) is 10. The third-order valence-electron chi connectivity index (χ3n) is 5.53. The largest absolute Gasteiger partial charge is 0.508 e. The number of aromatic nitrogens is 4. The van der Waals surface area contributed by atoms with Crippen molar-refractivity contribution in [2.45, 2.75) is 37.3 Å². The van der Waals surface area contributed by atoms with E-state index in [0.717, 1.165) is 0 Å². The molecule has 0 aliphatic carbocycles. The number of nitrogens with two attached hydrogens (primary N) is 2. The maximum absolute atomic E-state index is 12.9. The fourth-order valence-electron chi connectivity index (χ4n) is 3.79. The lowest BCUT2D eigenvalue weighted by Gasteiger charge is -2.29. The Kier molecular flexibility index (Phi) is 6.53. The molecule has 1 saturated heterocycles. The van der Waals surface area contributed by atoms with Gasteiger partial charge in [0.25, 0.3) is 0 Å². The first-order valence-corrected chi connectivity index (χ1v) is 11.8. The van der Waals surface area contributed by atoms with Gasteiger partial charge in [0.2, 0.25) is 5.91 Å². The van der Waals surface area contributed by atoms with E-state index in [1.807, 2.05) is 0 Å². The molecular weight excluding hydrogens is 469 g/mol. The molecule has 2 aromatic heterocycles. The van der Waals surface area contributed by atoms with Gasteiger partial charge in [-0.25, -0.2) is 24.2 Å². The number of fused-ring (bicyclic) bond motifs is 1. The number of aliphatic hydroxyl groups is 1. The summed E-state index contributed by atoms with van der Waals surface area (Å²) in [5, 5.41) is 19.9. The lowest BCUT2D eigenvalue weighted by molar-refractivity contribution is -0.131. The molecule has 0 spiro atoms. The van der Waals surface area contributed by atoms with E-state index in [4.69, 9.17) is 16.2 Å². The number of carbonyl (C=O) groups excluding carboxylic acids is 1. The Morgan fingerprint density at radius 3 is 2.65 bits per heavy atom. The molecule has 34 heavy (non-hydrogen) atoms. The van der Waals surface area contributed by atoms with Gasteiger partial charge in [-0.1, -0.05) is 12.1 Å². The normalized spacial score (nSPS) is 21.6. The van der Waals surface area contributed by atoms with Gasteiger partial charge < -0.3 is 36.2 Å². The summed E-state index contributed by atoms with van der Waals surface area (Å²) in [7, 11) is -5.09. The number of carbonyl (C=O) groups is 1. The molecule has 4 rings (SSSR count). The quantitative estimate of drug-likeness (QED) is 0.224. The van der Waals surface area contributed by atoms with Crippen LogP contribution in [-0.4, -0.2) is 74.9 Å². The van der Waals surface area contributed by atoms with Crippen molar-refractivity contribution in [2.75, 3.05) is 12.3 Å². The smallest absolute Gasteiger partial charge is 0.432 e. The lowest BCUT2D eigenvalue weighted by atomic mass is 10.1. The van der Waals surface area contributed by atoms with Crippen molar-refractivity contribution in [2.24, 2.45) is 5.73 Å².